The first-order chi connectivity index (χ1) is 15.1. The van der Waals surface area contributed by atoms with Gasteiger partial charge in [-0.3, -0.25) is 14.5 Å². The van der Waals surface area contributed by atoms with E-state index in [1.54, 1.807) is 24.3 Å². The number of hydrogen-bond donors (Lipinski definition) is 1. The Kier molecular flexibility index (Phi) is 9.54. The SMILES string of the molecule is CCCCCCCCCCCCCC[C@H]1OC[C@H](N2C(=O)c3ccccc3C2=O)[C@H]1O. The van der Waals surface area contributed by atoms with Crippen LogP contribution in [0.5, 0.6) is 0 Å². The molecule has 1 saturated heterocycles. The molecule has 2 heterocycles. The molecule has 0 radical (unpaired) electrons. The van der Waals surface area contributed by atoms with Crippen LogP contribution in [-0.2, 0) is 4.74 Å². The Morgan fingerprint density at radius 3 is 1.84 bits per heavy atom. The van der Waals surface area contributed by atoms with Crippen molar-refractivity contribution in [2.75, 3.05) is 6.61 Å². The minimum absolute atomic E-state index is 0.218. The smallest absolute Gasteiger partial charge is 0.261 e. The molecule has 0 unspecified atom stereocenters. The summed E-state index contributed by atoms with van der Waals surface area (Å²) in [6.45, 7) is 2.47. The molecule has 1 aromatic carbocycles. The van der Waals surface area contributed by atoms with Crippen LogP contribution in [-0.4, -0.2) is 46.7 Å². The lowest BCUT2D eigenvalue weighted by Gasteiger charge is -2.24. The third-order valence-corrected chi connectivity index (χ3v) is 6.76. The molecule has 1 aromatic rings. The fourth-order valence-corrected chi connectivity index (χ4v) is 4.84. The van der Waals surface area contributed by atoms with Crippen LogP contribution in [0.3, 0.4) is 0 Å². The summed E-state index contributed by atoms with van der Waals surface area (Å²) in [6, 6.07) is 6.26. The fraction of sp³-hybridized carbons (Fsp3) is 0.692. The highest BCUT2D eigenvalue weighted by molar-refractivity contribution is 6.21. The van der Waals surface area contributed by atoms with E-state index in [4.69, 9.17) is 4.74 Å². The van der Waals surface area contributed by atoms with E-state index in [0.717, 1.165) is 19.3 Å². The van der Waals surface area contributed by atoms with Crippen molar-refractivity contribution >= 4 is 11.8 Å². The van der Waals surface area contributed by atoms with Gasteiger partial charge < -0.3 is 9.84 Å². The van der Waals surface area contributed by atoms with Gasteiger partial charge in [-0.1, -0.05) is 96.1 Å². The van der Waals surface area contributed by atoms with E-state index in [-0.39, 0.29) is 24.5 Å². The summed E-state index contributed by atoms with van der Waals surface area (Å²) in [5.41, 5.74) is 0.841. The van der Waals surface area contributed by atoms with Gasteiger partial charge in [0.1, 0.15) is 6.10 Å². The minimum atomic E-state index is -0.810. The Labute approximate surface area is 187 Å². The quantitative estimate of drug-likeness (QED) is 0.313. The average molecular weight is 430 g/mol. The second kappa shape index (κ2) is 12.4. The Morgan fingerprint density at radius 1 is 0.839 bits per heavy atom. The summed E-state index contributed by atoms with van der Waals surface area (Å²) in [4.78, 5) is 26.5. The van der Waals surface area contributed by atoms with Crippen molar-refractivity contribution in [3.8, 4) is 0 Å². The van der Waals surface area contributed by atoms with Gasteiger partial charge in [0, 0.05) is 0 Å². The fourth-order valence-electron chi connectivity index (χ4n) is 4.84. The van der Waals surface area contributed by atoms with E-state index in [2.05, 4.69) is 6.92 Å². The molecular weight excluding hydrogens is 390 g/mol. The Morgan fingerprint density at radius 2 is 1.32 bits per heavy atom. The molecule has 3 atom stereocenters. The minimum Gasteiger partial charge on any atom is -0.388 e. The van der Waals surface area contributed by atoms with E-state index in [1.807, 2.05) is 0 Å². The molecule has 3 rings (SSSR count). The summed E-state index contributed by atoms with van der Waals surface area (Å²) in [5.74, 6) is -0.640. The first-order valence-corrected chi connectivity index (χ1v) is 12.4. The number of benzene rings is 1. The molecule has 2 aliphatic heterocycles. The van der Waals surface area contributed by atoms with Gasteiger partial charge in [-0.2, -0.15) is 0 Å². The van der Waals surface area contributed by atoms with Crippen LogP contribution in [0.4, 0.5) is 0 Å². The third kappa shape index (κ3) is 6.17. The number of amides is 2. The van der Waals surface area contributed by atoms with Crippen LogP contribution in [0.15, 0.2) is 24.3 Å². The van der Waals surface area contributed by atoms with Crippen molar-refractivity contribution in [3.63, 3.8) is 0 Å². The third-order valence-electron chi connectivity index (χ3n) is 6.76. The molecule has 0 saturated carbocycles. The first-order valence-electron chi connectivity index (χ1n) is 12.4. The van der Waals surface area contributed by atoms with Gasteiger partial charge in [-0.25, -0.2) is 0 Å². The van der Waals surface area contributed by atoms with Crippen LogP contribution in [0, 0.1) is 0 Å². The normalized spacial score (nSPS) is 23.0. The highest BCUT2D eigenvalue weighted by Crippen LogP contribution is 2.31. The number of aliphatic hydroxyl groups excluding tert-OH is 1. The van der Waals surface area contributed by atoms with Crippen molar-refractivity contribution in [2.45, 2.75) is 109 Å². The standard InChI is InChI=1S/C26H39NO4/c1-2-3-4-5-6-7-8-9-10-11-12-13-18-23-24(28)22(19-31-23)27-25(29)20-16-14-15-17-21(20)26(27)30/h14-17,22-24,28H,2-13,18-19H2,1H3/t22-,23+,24+/m0/s1. The van der Waals surface area contributed by atoms with Crippen LogP contribution in [0.25, 0.3) is 0 Å². The number of carbonyl (C=O) groups is 2. The summed E-state index contributed by atoms with van der Waals surface area (Å²) >= 11 is 0. The molecule has 2 amide bonds. The maximum absolute atomic E-state index is 12.7. The molecule has 0 spiro atoms. The predicted molar refractivity (Wildman–Crippen MR) is 122 cm³/mol. The molecule has 172 valence electrons. The summed E-state index contributed by atoms with van der Waals surface area (Å²) in [7, 11) is 0. The van der Waals surface area contributed by atoms with E-state index in [1.165, 1.54) is 69.1 Å². The van der Waals surface area contributed by atoms with Gasteiger partial charge in [-0.15, -0.1) is 0 Å². The highest BCUT2D eigenvalue weighted by atomic mass is 16.5. The Hall–Kier alpha value is -1.72. The van der Waals surface area contributed by atoms with Gasteiger partial charge in [0.25, 0.3) is 11.8 Å². The predicted octanol–water partition coefficient (Wildman–Crippen LogP) is 5.50. The molecule has 0 aromatic heterocycles. The number of nitrogens with zero attached hydrogens (tertiary/aromatic N) is 1. The lowest BCUT2D eigenvalue weighted by atomic mass is 10.0. The number of fused-ring (bicyclic) bond motifs is 1. The first kappa shape index (κ1) is 23.9. The molecule has 0 aliphatic carbocycles. The van der Waals surface area contributed by atoms with Gasteiger partial charge in [0.15, 0.2) is 0 Å². The summed E-state index contributed by atoms with van der Waals surface area (Å²) in [5, 5.41) is 10.7. The Bertz CT molecular complexity index is 684. The van der Waals surface area contributed by atoms with Crippen LogP contribution >= 0.6 is 0 Å². The van der Waals surface area contributed by atoms with Gasteiger partial charge in [0.2, 0.25) is 0 Å². The van der Waals surface area contributed by atoms with E-state index >= 15 is 0 Å². The zero-order valence-electron chi connectivity index (χ0n) is 19.1. The molecule has 5 heteroatoms. The second-order valence-electron chi connectivity index (χ2n) is 9.13. The van der Waals surface area contributed by atoms with E-state index in [0.29, 0.717) is 11.1 Å². The molecule has 1 N–H and O–H groups in total. The second-order valence-corrected chi connectivity index (χ2v) is 9.13. The number of carbonyl (C=O) groups excluding carboxylic acids is 2. The summed E-state index contributed by atoms with van der Waals surface area (Å²) in [6.07, 6.45) is 15.2. The molecule has 5 nitrogen and oxygen atoms in total. The molecule has 2 aliphatic rings. The number of unbranched alkanes of at least 4 members (excludes halogenated alkanes) is 11. The van der Waals surface area contributed by atoms with Crippen LogP contribution in [0.1, 0.15) is 111 Å². The zero-order valence-corrected chi connectivity index (χ0v) is 19.1. The summed E-state index contributed by atoms with van der Waals surface area (Å²) < 4.78 is 5.79. The van der Waals surface area contributed by atoms with E-state index in [9.17, 15) is 14.7 Å². The molecular formula is C26H39NO4. The number of hydrogen-bond acceptors (Lipinski definition) is 4. The van der Waals surface area contributed by atoms with Gasteiger partial charge >= 0.3 is 0 Å². The van der Waals surface area contributed by atoms with Crippen molar-refractivity contribution in [1.29, 1.82) is 0 Å². The topological polar surface area (TPSA) is 66.8 Å². The number of aliphatic hydroxyl groups is 1. The molecule has 1 fully saturated rings. The maximum Gasteiger partial charge on any atom is 0.261 e. The maximum atomic E-state index is 12.7. The number of imide groups is 1. The number of rotatable bonds is 14. The van der Waals surface area contributed by atoms with Crippen LogP contribution < -0.4 is 0 Å². The van der Waals surface area contributed by atoms with E-state index < -0.39 is 12.1 Å². The average Bonchev–Trinajstić information content (AvgIpc) is 3.26. The van der Waals surface area contributed by atoms with Crippen molar-refractivity contribution in [2.24, 2.45) is 0 Å². The van der Waals surface area contributed by atoms with Gasteiger partial charge in [0.05, 0.1) is 29.9 Å². The highest BCUT2D eigenvalue weighted by Gasteiger charge is 2.47. The lowest BCUT2D eigenvalue weighted by molar-refractivity contribution is 0.0253. The van der Waals surface area contributed by atoms with Crippen molar-refractivity contribution < 1.29 is 19.4 Å². The van der Waals surface area contributed by atoms with Crippen molar-refractivity contribution in [3.05, 3.63) is 35.4 Å². The Balaban J connectivity index is 1.29. The lowest BCUT2D eigenvalue weighted by Crippen LogP contribution is -2.47. The monoisotopic (exact) mass is 429 g/mol. The number of ether oxygens (including phenoxy) is 1. The van der Waals surface area contributed by atoms with Gasteiger partial charge in [-0.05, 0) is 18.6 Å². The molecule has 31 heavy (non-hydrogen) atoms. The van der Waals surface area contributed by atoms with Crippen molar-refractivity contribution in [1.82, 2.24) is 4.90 Å². The van der Waals surface area contributed by atoms with Crippen LogP contribution in [0.2, 0.25) is 0 Å². The largest absolute Gasteiger partial charge is 0.388 e. The molecule has 0 bridgehead atoms. The zero-order chi connectivity index (χ0) is 22.1.